The first-order valence-corrected chi connectivity index (χ1v) is 3.91. The van der Waals surface area contributed by atoms with Crippen LogP contribution < -0.4 is 0 Å². The van der Waals surface area contributed by atoms with Crippen LogP contribution >= 0.6 is 0 Å². The van der Waals surface area contributed by atoms with Gasteiger partial charge in [-0.15, -0.1) is 0 Å². The molecular formula is C9H12O3. The minimum Gasteiger partial charge on any atom is -0.459 e. The first-order valence-electron chi connectivity index (χ1n) is 3.91. The quantitative estimate of drug-likeness (QED) is 0.304. The van der Waals surface area contributed by atoms with E-state index in [1.54, 1.807) is 0 Å². The summed E-state index contributed by atoms with van der Waals surface area (Å²) in [5.74, 6) is 4.63. The van der Waals surface area contributed by atoms with Gasteiger partial charge in [-0.25, -0.2) is 4.79 Å². The molecule has 0 saturated carbocycles. The summed E-state index contributed by atoms with van der Waals surface area (Å²) >= 11 is 0. The average Bonchev–Trinajstić information content (AvgIpc) is 2.49. The first-order chi connectivity index (χ1) is 5.66. The Morgan fingerprint density at radius 1 is 1.67 bits per heavy atom. The molecule has 66 valence electrons. The third-order valence-electron chi connectivity index (χ3n) is 1.83. The molecule has 0 radical (unpaired) electrons. The molecule has 3 nitrogen and oxygen atoms in total. The third kappa shape index (κ3) is 2.24. The van der Waals surface area contributed by atoms with Gasteiger partial charge in [0.2, 0.25) is 0 Å². The molecule has 0 aliphatic carbocycles. The maximum atomic E-state index is 10.7. The second kappa shape index (κ2) is 3.59. The zero-order valence-corrected chi connectivity index (χ0v) is 7.35. The summed E-state index contributed by atoms with van der Waals surface area (Å²) in [5, 5.41) is 0. The van der Waals surface area contributed by atoms with Gasteiger partial charge < -0.3 is 9.47 Å². The fourth-order valence-corrected chi connectivity index (χ4v) is 1.11. The van der Waals surface area contributed by atoms with Crippen molar-refractivity contribution in [1.29, 1.82) is 0 Å². The van der Waals surface area contributed by atoms with Crippen LogP contribution in [0.1, 0.15) is 19.8 Å². The van der Waals surface area contributed by atoms with Crippen LogP contribution in [0.3, 0.4) is 0 Å². The van der Waals surface area contributed by atoms with E-state index in [9.17, 15) is 4.79 Å². The Kier molecular flexibility index (Phi) is 2.72. The number of rotatable bonds is 0. The van der Waals surface area contributed by atoms with Gasteiger partial charge in [0.1, 0.15) is 5.60 Å². The highest BCUT2D eigenvalue weighted by molar-refractivity contribution is 5.88. The van der Waals surface area contributed by atoms with Crippen molar-refractivity contribution in [3.63, 3.8) is 0 Å². The van der Waals surface area contributed by atoms with Crippen molar-refractivity contribution in [3.8, 4) is 11.8 Å². The van der Waals surface area contributed by atoms with Crippen LogP contribution in [-0.2, 0) is 14.3 Å². The van der Waals surface area contributed by atoms with Gasteiger partial charge in [-0.05, 0) is 19.8 Å². The van der Waals surface area contributed by atoms with Crippen LogP contribution in [-0.4, -0.2) is 25.3 Å². The van der Waals surface area contributed by atoms with E-state index in [1.807, 2.05) is 6.92 Å². The lowest BCUT2D eigenvalue weighted by atomic mass is 10.0. The van der Waals surface area contributed by atoms with Crippen LogP contribution in [0.4, 0.5) is 0 Å². The van der Waals surface area contributed by atoms with E-state index < -0.39 is 11.6 Å². The molecule has 1 aliphatic rings. The summed E-state index contributed by atoms with van der Waals surface area (Å²) < 4.78 is 9.74. The van der Waals surface area contributed by atoms with Gasteiger partial charge >= 0.3 is 5.97 Å². The van der Waals surface area contributed by atoms with E-state index in [1.165, 1.54) is 7.11 Å². The Morgan fingerprint density at radius 3 is 2.92 bits per heavy atom. The molecule has 0 N–H and O–H groups in total. The second-order valence-electron chi connectivity index (χ2n) is 2.92. The standard InChI is InChI=1S/C9H12O3/c1-9(5-3-7-12-9)6-4-8(10)11-2/h3,5,7H2,1-2H3. The Balaban J connectivity index is 2.57. The van der Waals surface area contributed by atoms with E-state index in [0.717, 1.165) is 19.4 Å². The summed E-state index contributed by atoms with van der Waals surface area (Å²) in [6, 6.07) is 0. The molecule has 1 aliphatic heterocycles. The van der Waals surface area contributed by atoms with Crippen LogP contribution in [0.25, 0.3) is 0 Å². The molecule has 0 amide bonds. The summed E-state index contributed by atoms with van der Waals surface area (Å²) in [7, 11) is 1.31. The van der Waals surface area contributed by atoms with E-state index in [2.05, 4.69) is 16.6 Å². The maximum absolute atomic E-state index is 10.7. The number of ether oxygens (including phenoxy) is 2. The predicted octanol–water partition coefficient (Wildman–Crippen LogP) is 0.732. The monoisotopic (exact) mass is 168 g/mol. The second-order valence-corrected chi connectivity index (χ2v) is 2.92. The maximum Gasteiger partial charge on any atom is 0.384 e. The number of carbonyl (C=O) groups excluding carboxylic acids is 1. The average molecular weight is 168 g/mol. The van der Waals surface area contributed by atoms with Crippen molar-refractivity contribution >= 4 is 5.97 Å². The summed E-state index contributed by atoms with van der Waals surface area (Å²) in [4.78, 5) is 10.7. The lowest BCUT2D eigenvalue weighted by molar-refractivity contribution is -0.133. The van der Waals surface area contributed by atoms with Crippen molar-refractivity contribution < 1.29 is 14.3 Å². The van der Waals surface area contributed by atoms with Gasteiger partial charge in [-0.3, -0.25) is 0 Å². The van der Waals surface area contributed by atoms with E-state index in [4.69, 9.17) is 4.74 Å². The predicted molar refractivity (Wildman–Crippen MR) is 43.4 cm³/mol. The van der Waals surface area contributed by atoms with E-state index in [0.29, 0.717) is 0 Å². The van der Waals surface area contributed by atoms with Gasteiger partial charge in [0, 0.05) is 12.5 Å². The minimum atomic E-state index is -0.508. The van der Waals surface area contributed by atoms with E-state index >= 15 is 0 Å². The zero-order chi connectivity index (χ0) is 9.03. The van der Waals surface area contributed by atoms with Gasteiger partial charge in [0.25, 0.3) is 0 Å². The van der Waals surface area contributed by atoms with Gasteiger partial charge in [0.15, 0.2) is 0 Å². The SMILES string of the molecule is COC(=O)C#CC1(C)CCCO1. The summed E-state index contributed by atoms with van der Waals surface area (Å²) in [6.45, 7) is 2.61. The Hall–Kier alpha value is -1.01. The highest BCUT2D eigenvalue weighted by Gasteiger charge is 2.27. The Morgan fingerprint density at radius 2 is 2.42 bits per heavy atom. The van der Waals surface area contributed by atoms with Crippen LogP contribution in [0, 0.1) is 11.8 Å². The molecule has 1 atom stereocenters. The molecule has 1 fully saturated rings. The third-order valence-corrected chi connectivity index (χ3v) is 1.83. The summed E-state index contributed by atoms with van der Waals surface area (Å²) in [5.41, 5.74) is -0.436. The Labute approximate surface area is 72.0 Å². The zero-order valence-electron chi connectivity index (χ0n) is 7.35. The molecular weight excluding hydrogens is 156 g/mol. The van der Waals surface area contributed by atoms with Crippen molar-refractivity contribution in [2.75, 3.05) is 13.7 Å². The van der Waals surface area contributed by atoms with Crippen LogP contribution in [0.15, 0.2) is 0 Å². The minimum absolute atomic E-state index is 0.436. The largest absolute Gasteiger partial charge is 0.459 e. The highest BCUT2D eigenvalue weighted by Crippen LogP contribution is 2.23. The number of carbonyl (C=O) groups is 1. The molecule has 0 aromatic rings. The van der Waals surface area contributed by atoms with Crippen molar-refractivity contribution in [2.24, 2.45) is 0 Å². The number of hydrogen-bond donors (Lipinski definition) is 0. The molecule has 0 aromatic heterocycles. The van der Waals surface area contributed by atoms with Gasteiger partial charge in [-0.2, -0.15) is 0 Å². The fraction of sp³-hybridized carbons (Fsp3) is 0.667. The topological polar surface area (TPSA) is 35.5 Å². The molecule has 0 spiro atoms. The first kappa shape index (κ1) is 9.08. The Bertz CT molecular complexity index is 228. The number of hydrogen-bond acceptors (Lipinski definition) is 3. The van der Waals surface area contributed by atoms with Crippen LogP contribution in [0.5, 0.6) is 0 Å². The highest BCUT2D eigenvalue weighted by atomic mass is 16.5. The number of esters is 1. The molecule has 0 aromatic carbocycles. The van der Waals surface area contributed by atoms with Gasteiger partial charge in [-0.1, -0.05) is 5.92 Å². The van der Waals surface area contributed by atoms with Gasteiger partial charge in [0.05, 0.1) is 7.11 Å². The molecule has 1 unspecified atom stereocenters. The molecule has 12 heavy (non-hydrogen) atoms. The molecule has 1 rings (SSSR count). The molecule has 1 heterocycles. The van der Waals surface area contributed by atoms with Crippen molar-refractivity contribution in [3.05, 3.63) is 0 Å². The van der Waals surface area contributed by atoms with Crippen LogP contribution in [0.2, 0.25) is 0 Å². The molecule has 1 saturated heterocycles. The summed E-state index contributed by atoms with van der Waals surface area (Å²) in [6.07, 6.45) is 1.89. The number of methoxy groups -OCH3 is 1. The lowest BCUT2D eigenvalue weighted by Gasteiger charge is -2.13. The molecule has 3 heteroatoms. The molecule has 0 bridgehead atoms. The lowest BCUT2D eigenvalue weighted by Crippen LogP contribution is -2.20. The smallest absolute Gasteiger partial charge is 0.384 e. The fourth-order valence-electron chi connectivity index (χ4n) is 1.11. The van der Waals surface area contributed by atoms with Crippen molar-refractivity contribution in [1.82, 2.24) is 0 Å². The van der Waals surface area contributed by atoms with Crippen molar-refractivity contribution in [2.45, 2.75) is 25.4 Å². The van der Waals surface area contributed by atoms with E-state index in [-0.39, 0.29) is 0 Å². The normalized spacial score (nSPS) is 27.5.